The molecule has 0 saturated heterocycles. The SMILES string of the molecule is CC(C)(C)Oc1ccncc1CNC1CC1. The Hall–Kier alpha value is -1.09. The van der Waals surface area contributed by atoms with Crippen molar-refractivity contribution in [2.75, 3.05) is 0 Å². The summed E-state index contributed by atoms with van der Waals surface area (Å²) in [5.41, 5.74) is 0.986. The van der Waals surface area contributed by atoms with Gasteiger partial charge in [0.05, 0.1) is 0 Å². The van der Waals surface area contributed by atoms with Gasteiger partial charge in [-0.2, -0.15) is 0 Å². The summed E-state index contributed by atoms with van der Waals surface area (Å²) in [6, 6.07) is 2.65. The van der Waals surface area contributed by atoms with E-state index in [1.807, 2.05) is 12.3 Å². The van der Waals surface area contributed by atoms with Gasteiger partial charge in [-0.3, -0.25) is 4.98 Å². The Balaban J connectivity index is 2.03. The number of ether oxygens (including phenoxy) is 1. The molecule has 0 bridgehead atoms. The first-order chi connectivity index (χ1) is 7.54. The van der Waals surface area contributed by atoms with E-state index in [0.717, 1.165) is 17.9 Å². The van der Waals surface area contributed by atoms with Crippen LogP contribution in [0.3, 0.4) is 0 Å². The monoisotopic (exact) mass is 220 g/mol. The molecule has 1 N–H and O–H groups in total. The van der Waals surface area contributed by atoms with Crippen LogP contribution in [0.25, 0.3) is 0 Å². The van der Waals surface area contributed by atoms with Crippen molar-refractivity contribution >= 4 is 0 Å². The highest BCUT2D eigenvalue weighted by atomic mass is 16.5. The number of aromatic nitrogens is 1. The van der Waals surface area contributed by atoms with Crippen molar-refractivity contribution in [1.29, 1.82) is 0 Å². The Bertz CT molecular complexity index is 353. The normalized spacial score (nSPS) is 16.2. The zero-order valence-corrected chi connectivity index (χ0v) is 10.3. The van der Waals surface area contributed by atoms with Crippen molar-refractivity contribution in [2.45, 2.75) is 51.8 Å². The zero-order chi connectivity index (χ0) is 11.6. The van der Waals surface area contributed by atoms with Crippen LogP contribution in [-0.4, -0.2) is 16.6 Å². The molecule has 0 spiro atoms. The van der Waals surface area contributed by atoms with Gasteiger partial charge in [0.25, 0.3) is 0 Å². The van der Waals surface area contributed by atoms with Gasteiger partial charge in [-0.15, -0.1) is 0 Å². The van der Waals surface area contributed by atoms with Gasteiger partial charge < -0.3 is 10.1 Å². The van der Waals surface area contributed by atoms with Gasteiger partial charge in [0.1, 0.15) is 11.4 Å². The van der Waals surface area contributed by atoms with E-state index in [0.29, 0.717) is 6.04 Å². The molecule has 0 radical (unpaired) electrons. The molecule has 0 unspecified atom stereocenters. The maximum atomic E-state index is 5.91. The maximum absolute atomic E-state index is 5.91. The molecule has 1 aliphatic carbocycles. The number of nitrogens with zero attached hydrogens (tertiary/aromatic N) is 1. The lowest BCUT2D eigenvalue weighted by Gasteiger charge is -2.23. The fraction of sp³-hybridized carbons (Fsp3) is 0.615. The summed E-state index contributed by atoms with van der Waals surface area (Å²) in [6.07, 6.45) is 6.27. The summed E-state index contributed by atoms with van der Waals surface area (Å²) in [5, 5.41) is 3.48. The topological polar surface area (TPSA) is 34.1 Å². The summed E-state index contributed by atoms with van der Waals surface area (Å²) in [4.78, 5) is 4.15. The van der Waals surface area contributed by atoms with Crippen molar-refractivity contribution in [3.05, 3.63) is 24.0 Å². The van der Waals surface area contributed by atoms with Gasteiger partial charge in [0, 0.05) is 30.5 Å². The molecule has 3 nitrogen and oxygen atoms in total. The molecule has 0 aliphatic heterocycles. The first-order valence-electron chi connectivity index (χ1n) is 5.90. The van der Waals surface area contributed by atoms with E-state index in [-0.39, 0.29) is 5.60 Å². The van der Waals surface area contributed by atoms with Gasteiger partial charge in [-0.1, -0.05) is 0 Å². The second-order valence-electron chi connectivity index (χ2n) is 5.35. The van der Waals surface area contributed by atoms with E-state index >= 15 is 0 Å². The molecule has 16 heavy (non-hydrogen) atoms. The van der Waals surface area contributed by atoms with E-state index in [4.69, 9.17) is 4.74 Å². The minimum atomic E-state index is -0.157. The fourth-order valence-corrected chi connectivity index (χ4v) is 1.52. The van der Waals surface area contributed by atoms with Crippen molar-refractivity contribution < 1.29 is 4.74 Å². The molecule has 2 rings (SSSR count). The third kappa shape index (κ3) is 3.49. The molecular weight excluding hydrogens is 200 g/mol. The lowest BCUT2D eigenvalue weighted by Crippen LogP contribution is -2.24. The first kappa shape index (κ1) is 11.4. The van der Waals surface area contributed by atoms with Gasteiger partial charge >= 0.3 is 0 Å². The van der Waals surface area contributed by atoms with Crippen LogP contribution >= 0.6 is 0 Å². The molecule has 1 aromatic heterocycles. The minimum absolute atomic E-state index is 0.157. The zero-order valence-electron chi connectivity index (χ0n) is 10.3. The second-order valence-corrected chi connectivity index (χ2v) is 5.35. The molecular formula is C13H20N2O. The Morgan fingerprint density at radius 2 is 2.19 bits per heavy atom. The summed E-state index contributed by atoms with van der Waals surface area (Å²) >= 11 is 0. The van der Waals surface area contributed by atoms with Gasteiger partial charge in [0.15, 0.2) is 0 Å². The maximum Gasteiger partial charge on any atom is 0.127 e. The molecule has 1 saturated carbocycles. The largest absolute Gasteiger partial charge is 0.488 e. The van der Waals surface area contributed by atoms with Crippen LogP contribution in [0, 0.1) is 0 Å². The lowest BCUT2D eigenvalue weighted by atomic mass is 10.1. The number of hydrogen-bond donors (Lipinski definition) is 1. The van der Waals surface area contributed by atoms with Crippen molar-refractivity contribution in [3.8, 4) is 5.75 Å². The molecule has 1 heterocycles. The highest BCUT2D eigenvalue weighted by Crippen LogP contribution is 2.24. The van der Waals surface area contributed by atoms with Crippen LogP contribution in [-0.2, 0) is 6.54 Å². The average molecular weight is 220 g/mol. The molecule has 0 amide bonds. The standard InChI is InChI=1S/C13H20N2O/c1-13(2,3)16-12-6-7-14-8-10(12)9-15-11-4-5-11/h6-8,11,15H,4-5,9H2,1-3H3. The smallest absolute Gasteiger partial charge is 0.127 e. The van der Waals surface area contributed by atoms with Gasteiger partial charge in [-0.25, -0.2) is 0 Å². The van der Waals surface area contributed by atoms with Crippen LogP contribution < -0.4 is 10.1 Å². The van der Waals surface area contributed by atoms with E-state index in [9.17, 15) is 0 Å². The van der Waals surface area contributed by atoms with Crippen LogP contribution in [0.15, 0.2) is 18.5 Å². The van der Waals surface area contributed by atoms with Crippen molar-refractivity contribution in [2.24, 2.45) is 0 Å². The van der Waals surface area contributed by atoms with E-state index in [2.05, 4.69) is 31.1 Å². The Labute approximate surface area is 97.2 Å². The molecule has 1 fully saturated rings. The summed E-state index contributed by atoms with van der Waals surface area (Å²) in [5.74, 6) is 0.940. The molecule has 0 aromatic carbocycles. The molecule has 1 aliphatic rings. The second kappa shape index (κ2) is 4.42. The highest BCUT2D eigenvalue weighted by molar-refractivity contribution is 5.30. The highest BCUT2D eigenvalue weighted by Gasteiger charge is 2.21. The van der Waals surface area contributed by atoms with Gasteiger partial charge in [0.2, 0.25) is 0 Å². The quantitative estimate of drug-likeness (QED) is 0.846. The van der Waals surface area contributed by atoms with Crippen LogP contribution in [0.2, 0.25) is 0 Å². The van der Waals surface area contributed by atoms with E-state index < -0.39 is 0 Å². The fourth-order valence-electron chi connectivity index (χ4n) is 1.52. The Morgan fingerprint density at radius 1 is 1.44 bits per heavy atom. The van der Waals surface area contributed by atoms with Gasteiger partial charge in [-0.05, 0) is 39.7 Å². The van der Waals surface area contributed by atoms with Crippen LogP contribution in [0.4, 0.5) is 0 Å². The summed E-state index contributed by atoms with van der Waals surface area (Å²) in [7, 11) is 0. The first-order valence-corrected chi connectivity index (χ1v) is 5.90. The number of pyridine rings is 1. The number of hydrogen-bond acceptors (Lipinski definition) is 3. The summed E-state index contributed by atoms with van der Waals surface area (Å²) < 4.78 is 5.91. The average Bonchev–Trinajstić information content (AvgIpc) is 2.98. The Morgan fingerprint density at radius 3 is 2.81 bits per heavy atom. The van der Waals surface area contributed by atoms with Crippen molar-refractivity contribution in [1.82, 2.24) is 10.3 Å². The third-order valence-corrected chi connectivity index (χ3v) is 2.43. The van der Waals surface area contributed by atoms with Crippen LogP contribution in [0.5, 0.6) is 5.75 Å². The van der Waals surface area contributed by atoms with Crippen molar-refractivity contribution in [3.63, 3.8) is 0 Å². The molecule has 1 aromatic rings. The predicted molar refractivity (Wildman–Crippen MR) is 64.5 cm³/mol. The summed E-state index contributed by atoms with van der Waals surface area (Å²) in [6.45, 7) is 7.03. The number of nitrogens with one attached hydrogen (secondary N) is 1. The molecule has 88 valence electrons. The Kier molecular flexibility index (Phi) is 3.15. The molecule has 0 atom stereocenters. The van der Waals surface area contributed by atoms with E-state index in [1.165, 1.54) is 12.8 Å². The third-order valence-electron chi connectivity index (χ3n) is 2.43. The minimum Gasteiger partial charge on any atom is -0.488 e. The van der Waals surface area contributed by atoms with E-state index in [1.54, 1.807) is 6.20 Å². The molecule has 3 heteroatoms. The number of rotatable bonds is 4. The predicted octanol–water partition coefficient (Wildman–Crippen LogP) is 2.51. The van der Waals surface area contributed by atoms with Crippen LogP contribution in [0.1, 0.15) is 39.2 Å². The lowest BCUT2D eigenvalue weighted by molar-refractivity contribution is 0.129.